The van der Waals surface area contributed by atoms with E-state index >= 15 is 0 Å². The molecule has 104 valence electrons. The van der Waals surface area contributed by atoms with E-state index in [1.54, 1.807) is 12.1 Å². The number of halogens is 4. The average molecular weight is 292 g/mol. The number of Topliss-reactive ketones (excluding diaryl/α,β-unsaturated/α-hetero) is 1. The van der Waals surface area contributed by atoms with Crippen molar-refractivity contribution in [1.29, 1.82) is 0 Å². The van der Waals surface area contributed by atoms with Gasteiger partial charge in [-0.05, 0) is 43.1 Å². The fraction of sp³-hybridized carbons (Fsp3) is 0.462. The summed E-state index contributed by atoms with van der Waals surface area (Å²) < 4.78 is 38.4. The fourth-order valence-corrected chi connectivity index (χ4v) is 2.62. The Morgan fingerprint density at radius 3 is 2.74 bits per heavy atom. The molecule has 1 atom stereocenters. The van der Waals surface area contributed by atoms with Crippen molar-refractivity contribution < 1.29 is 18.0 Å². The first kappa shape index (κ1) is 14.3. The molecule has 1 aromatic rings. The van der Waals surface area contributed by atoms with Gasteiger partial charge in [-0.15, -0.1) is 0 Å². The molecule has 1 N–H and O–H groups in total. The lowest BCUT2D eigenvalue weighted by molar-refractivity contribution is -0.176. The molecule has 1 aliphatic heterocycles. The highest BCUT2D eigenvalue weighted by Gasteiger charge is 2.51. The zero-order chi connectivity index (χ0) is 14.3. The lowest BCUT2D eigenvalue weighted by atomic mass is 9.76. The molecule has 1 unspecified atom stereocenters. The third kappa shape index (κ3) is 2.62. The van der Waals surface area contributed by atoms with Gasteiger partial charge < -0.3 is 5.32 Å². The van der Waals surface area contributed by atoms with Gasteiger partial charge >= 0.3 is 6.18 Å². The summed E-state index contributed by atoms with van der Waals surface area (Å²) in [6, 6.07) is 4.78. The first-order valence-corrected chi connectivity index (χ1v) is 6.24. The van der Waals surface area contributed by atoms with Crippen molar-refractivity contribution in [1.82, 2.24) is 5.32 Å². The zero-order valence-electron chi connectivity index (χ0n) is 10.3. The molecule has 0 bridgehead atoms. The summed E-state index contributed by atoms with van der Waals surface area (Å²) in [5.74, 6) is -1.74. The normalized spacial score (nSPS) is 23.6. The Labute approximate surface area is 113 Å². The number of carbonyl (C=O) groups excluding carboxylic acids is 1. The predicted octanol–water partition coefficient (Wildman–Crippen LogP) is 2.87. The highest BCUT2D eigenvalue weighted by molar-refractivity contribution is 6.30. The molecule has 0 radical (unpaired) electrons. The Balaban J connectivity index is 2.58. The lowest BCUT2D eigenvalue weighted by Crippen LogP contribution is -2.48. The van der Waals surface area contributed by atoms with Gasteiger partial charge in [0.05, 0.1) is 5.41 Å². The number of fused-ring (bicyclic) bond motifs is 1. The van der Waals surface area contributed by atoms with E-state index in [-0.39, 0.29) is 6.54 Å². The number of benzene rings is 1. The van der Waals surface area contributed by atoms with Crippen LogP contribution in [0, 0.1) is 0 Å². The topological polar surface area (TPSA) is 29.1 Å². The van der Waals surface area contributed by atoms with Crippen molar-refractivity contribution in [2.45, 2.75) is 24.9 Å². The van der Waals surface area contributed by atoms with Crippen LogP contribution in [0.4, 0.5) is 13.2 Å². The van der Waals surface area contributed by atoms with Gasteiger partial charge in [-0.25, -0.2) is 0 Å². The van der Waals surface area contributed by atoms with E-state index in [9.17, 15) is 18.0 Å². The first-order valence-electron chi connectivity index (χ1n) is 5.86. The SMILES string of the molecule is CC1(C(=O)C(F)(F)F)CNCCc2ccc(Cl)cc21. The highest BCUT2D eigenvalue weighted by Crippen LogP contribution is 2.36. The van der Waals surface area contributed by atoms with E-state index in [1.807, 2.05) is 0 Å². The molecule has 1 heterocycles. The fourth-order valence-electron chi connectivity index (χ4n) is 2.45. The number of ketones is 1. The third-order valence-electron chi connectivity index (χ3n) is 3.47. The third-order valence-corrected chi connectivity index (χ3v) is 3.71. The lowest BCUT2D eigenvalue weighted by Gasteiger charge is -2.29. The molecule has 2 nitrogen and oxygen atoms in total. The van der Waals surface area contributed by atoms with E-state index in [2.05, 4.69) is 5.32 Å². The van der Waals surface area contributed by atoms with E-state index < -0.39 is 17.4 Å². The minimum absolute atomic E-state index is 0.0430. The van der Waals surface area contributed by atoms with Crippen LogP contribution in [0.1, 0.15) is 18.1 Å². The van der Waals surface area contributed by atoms with E-state index in [0.29, 0.717) is 23.6 Å². The summed E-state index contributed by atoms with van der Waals surface area (Å²) in [5, 5.41) is 3.23. The van der Waals surface area contributed by atoms with E-state index in [4.69, 9.17) is 11.6 Å². The molecular formula is C13H13ClF3NO. The van der Waals surface area contributed by atoms with Crippen LogP contribution in [-0.2, 0) is 16.6 Å². The standard InChI is InChI=1S/C13H13ClF3NO/c1-12(11(19)13(15,16)17)7-18-5-4-8-2-3-9(14)6-10(8)12/h2-3,6,18H,4-5,7H2,1H3. The van der Waals surface area contributed by atoms with Gasteiger partial charge in [-0.1, -0.05) is 17.7 Å². The van der Waals surface area contributed by atoms with Crippen LogP contribution in [0.25, 0.3) is 0 Å². The molecule has 0 fully saturated rings. The van der Waals surface area contributed by atoms with Gasteiger partial charge in [0.1, 0.15) is 0 Å². The predicted molar refractivity (Wildman–Crippen MR) is 66.4 cm³/mol. The Morgan fingerprint density at radius 2 is 2.11 bits per heavy atom. The highest BCUT2D eigenvalue weighted by atomic mass is 35.5. The minimum atomic E-state index is -4.86. The summed E-state index contributed by atoms with van der Waals surface area (Å²) >= 11 is 5.86. The number of nitrogens with one attached hydrogen (secondary N) is 1. The van der Waals surface area contributed by atoms with Gasteiger partial charge in [0.25, 0.3) is 0 Å². The second-order valence-corrected chi connectivity index (χ2v) is 5.32. The van der Waals surface area contributed by atoms with Crippen molar-refractivity contribution in [3.63, 3.8) is 0 Å². The molecule has 1 aliphatic rings. The Bertz CT molecular complexity index is 515. The van der Waals surface area contributed by atoms with Crippen LogP contribution in [-0.4, -0.2) is 25.0 Å². The largest absolute Gasteiger partial charge is 0.450 e. The summed E-state index contributed by atoms with van der Waals surface area (Å²) in [6.07, 6.45) is -4.28. The number of hydrogen-bond donors (Lipinski definition) is 1. The van der Waals surface area contributed by atoms with Gasteiger partial charge in [0.2, 0.25) is 5.78 Å². The smallest absolute Gasteiger partial charge is 0.315 e. The Morgan fingerprint density at radius 1 is 1.42 bits per heavy atom. The van der Waals surface area contributed by atoms with Crippen LogP contribution < -0.4 is 5.32 Å². The monoisotopic (exact) mass is 291 g/mol. The number of hydrogen-bond acceptors (Lipinski definition) is 2. The molecule has 0 saturated heterocycles. The van der Waals surface area contributed by atoms with Gasteiger partial charge in [-0.2, -0.15) is 13.2 Å². The molecule has 1 aromatic carbocycles. The molecule has 19 heavy (non-hydrogen) atoms. The van der Waals surface area contributed by atoms with Crippen molar-refractivity contribution in [3.05, 3.63) is 34.3 Å². The maximum Gasteiger partial charge on any atom is 0.450 e. The van der Waals surface area contributed by atoms with Crippen LogP contribution >= 0.6 is 11.6 Å². The molecule has 0 aromatic heterocycles. The van der Waals surface area contributed by atoms with Crippen LogP contribution in [0.15, 0.2) is 18.2 Å². The molecule has 2 rings (SSSR count). The second-order valence-electron chi connectivity index (χ2n) is 4.89. The molecule has 0 amide bonds. The molecule has 0 spiro atoms. The average Bonchev–Trinajstić information content (AvgIpc) is 2.48. The van der Waals surface area contributed by atoms with E-state index in [1.165, 1.54) is 13.0 Å². The van der Waals surface area contributed by atoms with Crippen molar-refractivity contribution in [2.75, 3.05) is 13.1 Å². The molecular weight excluding hydrogens is 279 g/mol. The second kappa shape index (κ2) is 4.80. The quantitative estimate of drug-likeness (QED) is 0.862. The summed E-state index contributed by atoms with van der Waals surface area (Å²) in [4.78, 5) is 11.8. The van der Waals surface area contributed by atoms with Crippen LogP contribution in [0.2, 0.25) is 5.02 Å². The van der Waals surface area contributed by atoms with Crippen LogP contribution in [0.5, 0.6) is 0 Å². The van der Waals surface area contributed by atoms with Gasteiger partial charge in [0.15, 0.2) is 0 Å². The Kier molecular flexibility index (Phi) is 3.62. The van der Waals surface area contributed by atoms with Gasteiger partial charge in [-0.3, -0.25) is 4.79 Å². The summed E-state index contributed by atoms with van der Waals surface area (Å²) in [7, 11) is 0. The van der Waals surface area contributed by atoms with Gasteiger partial charge in [0, 0.05) is 11.6 Å². The first-order chi connectivity index (χ1) is 8.75. The summed E-state index contributed by atoms with van der Waals surface area (Å²) in [5.41, 5.74) is -0.531. The number of rotatable bonds is 1. The maximum absolute atomic E-state index is 12.8. The minimum Gasteiger partial charge on any atom is -0.315 e. The number of alkyl halides is 3. The van der Waals surface area contributed by atoms with Crippen molar-refractivity contribution >= 4 is 17.4 Å². The molecule has 6 heteroatoms. The number of carbonyl (C=O) groups is 1. The maximum atomic E-state index is 12.8. The molecule has 0 aliphatic carbocycles. The van der Waals surface area contributed by atoms with E-state index in [0.717, 1.165) is 5.56 Å². The van der Waals surface area contributed by atoms with Crippen molar-refractivity contribution in [2.24, 2.45) is 0 Å². The van der Waals surface area contributed by atoms with Crippen molar-refractivity contribution in [3.8, 4) is 0 Å². The zero-order valence-corrected chi connectivity index (χ0v) is 11.0. The Hall–Kier alpha value is -1.07. The molecule has 0 saturated carbocycles. The van der Waals surface area contributed by atoms with Crippen LogP contribution in [0.3, 0.4) is 0 Å². The summed E-state index contributed by atoms with van der Waals surface area (Å²) in [6.45, 7) is 1.81.